The van der Waals surface area contributed by atoms with Crippen molar-refractivity contribution in [2.45, 2.75) is 50.9 Å². The van der Waals surface area contributed by atoms with E-state index < -0.39 is 0 Å². The molecule has 2 aliphatic heterocycles. The van der Waals surface area contributed by atoms with Crippen LogP contribution in [0.25, 0.3) is 0 Å². The molecule has 4 nitrogen and oxygen atoms in total. The first-order chi connectivity index (χ1) is 14.7. The van der Waals surface area contributed by atoms with Gasteiger partial charge in [-0.25, -0.2) is 0 Å². The minimum atomic E-state index is -0.137. The van der Waals surface area contributed by atoms with Gasteiger partial charge in [-0.2, -0.15) is 0 Å². The quantitative estimate of drug-likeness (QED) is 0.671. The van der Waals surface area contributed by atoms with Gasteiger partial charge in [0.15, 0.2) is 0 Å². The molecule has 2 saturated heterocycles. The van der Waals surface area contributed by atoms with E-state index in [0.717, 1.165) is 56.3 Å². The van der Waals surface area contributed by atoms with E-state index in [1.165, 1.54) is 32.2 Å². The number of hydrogen-bond donors (Lipinski definition) is 0. The van der Waals surface area contributed by atoms with Gasteiger partial charge in [0.2, 0.25) is 5.91 Å². The predicted octanol–water partition coefficient (Wildman–Crippen LogP) is 5.09. The van der Waals surface area contributed by atoms with Crippen molar-refractivity contribution in [3.63, 3.8) is 0 Å². The largest absolute Gasteiger partial charge is 0.497 e. The highest BCUT2D eigenvalue weighted by molar-refractivity contribution is 7.10. The molecular formula is C25H32N2O2S. The maximum Gasteiger partial charge on any atom is 0.233 e. The summed E-state index contributed by atoms with van der Waals surface area (Å²) in [6.07, 6.45) is 8.24. The van der Waals surface area contributed by atoms with E-state index in [4.69, 9.17) is 4.74 Å². The van der Waals surface area contributed by atoms with Crippen molar-refractivity contribution in [2.75, 3.05) is 38.2 Å². The number of likely N-dealkylation sites (tertiary alicyclic amines) is 1. The summed E-state index contributed by atoms with van der Waals surface area (Å²) in [6, 6.07) is 10.3. The number of benzene rings is 1. The molecule has 1 aromatic heterocycles. The first-order valence-electron chi connectivity index (χ1n) is 11.4. The van der Waals surface area contributed by atoms with Crippen LogP contribution in [0.1, 0.15) is 54.9 Å². The molecule has 5 heteroatoms. The number of rotatable bonds is 5. The Kier molecular flexibility index (Phi) is 5.59. The fraction of sp³-hybridized carbons (Fsp3) is 0.560. The predicted molar refractivity (Wildman–Crippen MR) is 123 cm³/mol. The summed E-state index contributed by atoms with van der Waals surface area (Å²) < 4.78 is 5.25. The average Bonchev–Trinajstić information content (AvgIpc) is 3.39. The number of nitrogens with zero attached hydrogens (tertiary/aromatic N) is 2. The molecular weight excluding hydrogens is 392 g/mol. The van der Waals surface area contributed by atoms with Gasteiger partial charge >= 0.3 is 0 Å². The molecule has 30 heavy (non-hydrogen) atoms. The summed E-state index contributed by atoms with van der Waals surface area (Å²) in [5.41, 5.74) is 2.49. The van der Waals surface area contributed by atoms with Gasteiger partial charge in [0.05, 0.1) is 12.5 Å². The Bertz CT molecular complexity index is 883. The summed E-state index contributed by atoms with van der Waals surface area (Å²) in [7, 11) is 1.67. The van der Waals surface area contributed by atoms with Gasteiger partial charge < -0.3 is 14.5 Å². The third-order valence-electron chi connectivity index (χ3n) is 7.68. The van der Waals surface area contributed by atoms with Gasteiger partial charge in [-0.15, -0.1) is 11.3 Å². The van der Waals surface area contributed by atoms with Gasteiger partial charge in [0, 0.05) is 17.1 Å². The van der Waals surface area contributed by atoms with Crippen molar-refractivity contribution < 1.29 is 9.53 Å². The van der Waals surface area contributed by atoms with Crippen LogP contribution in [0.5, 0.6) is 5.75 Å². The lowest BCUT2D eigenvalue weighted by molar-refractivity contribution is -0.128. The van der Waals surface area contributed by atoms with Gasteiger partial charge in [0.25, 0.3) is 0 Å². The summed E-state index contributed by atoms with van der Waals surface area (Å²) >= 11 is 1.94. The number of aryl methyl sites for hydroxylation is 1. The molecule has 3 heterocycles. The first kappa shape index (κ1) is 20.1. The summed E-state index contributed by atoms with van der Waals surface area (Å²) in [5, 5.41) is 2.27. The number of hydrogen-bond acceptors (Lipinski definition) is 4. The highest BCUT2D eigenvalue weighted by atomic mass is 32.1. The van der Waals surface area contributed by atoms with E-state index in [-0.39, 0.29) is 5.41 Å². The normalized spacial score (nSPS) is 23.7. The number of piperidine rings is 1. The van der Waals surface area contributed by atoms with E-state index in [9.17, 15) is 4.79 Å². The third-order valence-corrected chi connectivity index (χ3v) is 8.68. The molecule has 1 spiro atoms. The zero-order valence-corrected chi connectivity index (χ0v) is 18.8. The number of methoxy groups -OCH3 is 1. The van der Waals surface area contributed by atoms with Crippen LogP contribution in [-0.2, 0) is 11.2 Å². The fourth-order valence-corrected chi connectivity index (χ4v) is 6.73. The zero-order valence-electron chi connectivity index (χ0n) is 17.9. The van der Waals surface area contributed by atoms with Gasteiger partial charge in [-0.3, -0.25) is 4.79 Å². The average molecular weight is 425 g/mol. The maximum absolute atomic E-state index is 13.3. The smallest absolute Gasteiger partial charge is 0.233 e. The Morgan fingerprint density at radius 3 is 2.63 bits per heavy atom. The van der Waals surface area contributed by atoms with Crippen molar-refractivity contribution in [3.05, 3.63) is 46.2 Å². The Morgan fingerprint density at radius 2 is 1.87 bits per heavy atom. The molecule has 5 rings (SSSR count). The number of carbonyl (C=O) groups excluding carboxylic acids is 1. The van der Waals surface area contributed by atoms with Crippen molar-refractivity contribution in [3.8, 4) is 5.75 Å². The van der Waals surface area contributed by atoms with Gasteiger partial charge in [0.1, 0.15) is 5.75 Å². The van der Waals surface area contributed by atoms with Gasteiger partial charge in [-0.05, 0) is 112 Å². The molecule has 1 amide bonds. The van der Waals surface area contributed by atoms with Crippen LogP contribution >= 0.6 is 11.3 Å². The summed E-state index contributed by atoms with van der Waals surface area (Å²) in [5.74, 6) is 1.91. The molecule has 0 saturated carbocycles. The monoisotopic (exact) mass is 424 g/mol. The molecule has 1 atom stereocenters. The van der Waals surface area contributed by atoms with Crippen molar-refractivity contribution in [2.24, 2.45) is 5.41 Å². The van der Waals surface area contributed by atoms with Crippen molar-refractivity contribution >= 4 is 22.9 Å². The second kappa shape index (κ2) is 8.35. The number of carbonyl (C=O) groups is 1. The Hall–Kier alpha value is -1.85. The van der Waals surface area contributed by atoms with Crippen LogP contribution < -0.4 is 9.64 Å². The van der Waals surface area contributed by atoms with E-state index in [0.29, 0.717) is 5.91 Å². The molecule has 0 radical (unpaired) electrons. The van der Waals surface area contributed by atoms with E-state index in [1.54, 1.807) is 17.6 Å². The standard InChI is InChI=1S/C25H32N2O2S/c1-29-21-7-5-20(6-8-21)27-17-13-25(24(27)28)11-15-26(16-12-25)14-9-19-3-2-4-23-22(19)10-18-30-23/h5-8,10,18-19H,2-4,9,11-17H2,1H3. The highest BCUT2D eigenvalue weighted by Gasteiger charge is 2.48. The summed E-state index contributed by atoms with van der Waals surface area (Å²) in [4.78, 5) is 19.6. The molecule has 0 bridgehead atoms. The minimum absolute atomic E-state index is 0.137. The molecule has 2 aromatic rings. The molecule has 160 valence electrons. The third kappa shape index (κ3) is 3.67. The second-order valence-corrected chi connectivity index (χ2v) is 10.2. The van der Waals surface area contributed by atoms with E-state index in [2.05, 4.69) is 16.3 Å². The molecule has 1 aromatic carbocycles. The molecule has 1 aliphatic carbocycles. The van der Waals surface area contributed by atoms with Gasteiger partial charge in [-0.1, -0.05) is 0 Å². The number of fused-ring (bicyclic) bond motifs is 1. The molecule has 2 fully saturated rings. The number of thiophene rings is 1. The fourth-order valence-electron chi connectivity index (χ4n) is 5.72. The van der Waals surface area contributed by atoms with Crippen molar-refractivity contribution in [1.82, 2.24) is 4.90 Å². The summed E-state index contributed by atoms with van der Waals surface area (Å²) in [6.45, 7) is 4.14. The maximum atomic E-state index is 13.3. The SMILES string of the molecule is COc1ccc(N2CCC3(CCN(CCC4CCCc5sccc54)CC3)C2=O)cc1. The number of anilines is 1. The van der Waals surface area contributed by atoms with E-state index in [1.807, 2.05) is 40.5 Å². The number of ether oxygens (including phenoxy) is 1. The number of amides is 1. The lowest BCUT2D eigenvalue weighted by atomic mass is 9.77. The van der Waals surface area contributed by atoms with Crippen LogP contribution in [0.3, 0.4) is 0 Å². The topological polar surface area (TPSA) is 32.8 Å². The Morgan fingerprint density at radius 1 is 1.10 bits per heavy atom. The zero-order chi connectivity index (χ0) is 20.6. The van der Waals surface area contributed by atoms with Crippen LogP contribution in [0.4, 0.5) is 5.69 Å². The van der Waals surface area contributed by atoms with Crippen LogP contribution in [0, 0.1) is 5.41 Å². The second-order valence-electron chi connectivity index (χ2n) is 9.20. The lowest BCUT2D eigenvalue weighted by Gasteiger charge is -2.38. The molecule has 3 aliphatic rings. The highest BCUT2D eigenvalue weighted by Crippen LogP contribution is 2.44. The first-order valence-corrected chi connectivity index (χ1v) is 12.3. The van der Waals surface area contributed by atoms with Crippen molar-refractivity contribution in [1.29, 1.82) is 0 Å². The molecule has 1 unspecified atom stereocenters. The van der Waals surface area contributed by atoms with Crippen LogP contribution in [0.15, 0.2) is 35.7 Å². The minimum Gasteiger partial charge on any atom is -0.497 e. The Balaban J connectivity index is 1.16. The molecule has 0 N–H and O–H groups in total. The van der Waals surface area contributed by atoms with Crippen LogP contribution in [-0.4, -0.2) is 44.1 Å². The Labute approximate surface area is 183 Å². The van der Waals surface area contributed by atoms with E-state index >= 15 is 0 Å². The lowest BCUT2D eigenvalue weighted by Crippen LogP contribution is -2.45. The van der Waals surface area contributed by atoms with Crippen LogP contribution in [0.2, 0.25) is 0 Å².